The summed E-state index contributed by atoms with van der Waals surface area (Å²) in [5.41, 5.74) is 1.96. The van der Waals surface area contributed by atoms with Crippen LogP contribution in [0, 0.1) is 0 Å². The minimum Gasteiger partial charge on any atom is -0.497 e. The van der Waals surface area contributed by atoms with Crippen LogP contribution in [0.5, 0.6) is 5.75 Å². The lowest BCUT2D eigenvalue weighted by Gasteiger charge is -2.07. The fourth-order valence-corrected chi connectivity index (χ4v) is 2.19. The Kier molecular flexibility index (Phi) is 4.56. The quantitative estimate of drug-likeness (QED) is 0.777. The summed E-state index contributed by atoms with van der Waals surface area (Å²) in [5, 5.41) is 6.74. The molecule has 0 unspecified atom stereocenters. The average Bonchev–Trinajstić information content (AvgIpc) is 3.11. The van der Waals surface area contributed by atoms with Gasteiger partial charge in [0, 0.05) is 23.2 Å². The van der Waals surface area contributed by atoms with E-state index in [9.17, 15) is 4.79 Å². The van der Waals surface area contributed by atoms with E-state index in [1.165, 1.54) is 0 Å². The molecule has 1 aromatic heterocycles. The van der Waals surface area contributed by atoms with Crippen molar-refractivity contribution in [3.05, 3.63) is 59.9 Å². The number of aryl methyl sites for hydroxylation is 1. The Balaban J connectivity index is 1.77. The maximum absolute atomic E-state index is 12.3. The van der Waals surface area contributed by atoms with Gasteiger partial charge >= 0.3 is 0 Å². The molecule has 0 aliphatic carbocycles. The van der Waals surface area contributed by atoms with Gasteiger partial charge in [0.05, 0.1) is 7.11 Å². The standard InChI is InChI=1S/C18H17N3O3/c1-3-16-20-18(24-21-16)13-5-4-6-14(11-13)19-17(22)12-7-9-15(23-2)10-8-12/h4-11H,3H2,1-2H3,(H,19,22). The third-order valence-corrected chi connectivity index (χ3v) is 3.50. The molecule has 0 fully saturated rings. The van der Waals surface area contributed by atoms with Crippen molar-refractivity contribution in [1.82, 2.24) is 10.1 Å². The van der Waals surface area contributed by atoms with Crippen molar-refractivity contribution in [2.24, 2.45) is 0 Å². The lowest BCUT2D eigenvalue weighted by molar-refractivity contribution is 0.102. The number of amides is 1. The molecule has 24 heavy (non-hydrogen) atoms. The van der Waals surface area contributed by atoms with Crippen LogP contribution in [0.3, 0.4) is 0 Å². The van der Waals surface area contributed by atoms with Crippen LogP contribution < -0.4 is 10.1 Å². The number of ether oxygens (including phenoxy) is 1. The van der Waals surface area contributed by atoms with Gasteiger partial charge in [0.25, 0.3) is 11.8 Å². The number of hydrogen-bond donors (Lipinski definition) is 1. The van der Waals surface area contributed by atoms with Crippen molar-refractivity contribution in [3.8, 4) is 17.2 Å². The number of nitrogens with zero attached hydrogens (tertiary/aromatic N) is 2. The highest BCUT2D eigenvalue weighted by Gasteiger charge is 2.10. The van der Waals surface area contributed by atoms with E-state index in [1.54, 1.807) is 37.4 Å². The number of carbonyl (C=O) groups is 1. The van der Waals surface area contributed by atoms with E-state index >= 15 is 0 Å². The van der Waals surface area contributed by atoms with E-state index in [2.05, 4.69) is 15.5 Å². The highest BCUT2D eigenvalue weighted by molar-refractivity contribution is 6.04. The van der Waals surface area contributed by atoms with Gasteiger partial charge < -0.3 is 14.6 Å². The molecule has 0 saturated carbocycles. The van der Waals surface area contributed by atoms with Crippen LogP contribution in [0.15, 0.2) is 53.1 Å². The first-order valence-corrected chi connectivity index (χ1v) is 7.58. The fourth-order valence-electron chi connectivity index (χ4n) is 2.19. The molecule has 2 aromatic carbocycles. The van der Waals surface area contributed by atoms with Crippen LogP contribution in [-0.2, 0) is 6.42 Å². The van der Waals surface area contributed by atoms with Gasteiger partial charge in [-0.15, -0.1) is 0 Å². The molecule has 0 saturated heterocycles. The Morgan fingerprint density at radius 2 is 2.00 bits per heavy atom. The third-order valence-electron chi connectivity index (χ3n) is 3.50. The number of benzene rings is 2. The SMILES string of the molecule is CCc1noc(-c2cccc(NC(=O)c3ccc(OC)cc3)c2)n1. The summed E-state index contributed by atoms with van der Waals surface area (Å²) in [4.78, 5) is 16.6. The summed E-state index contributed by atoms with van der Waals surface area (Å²) < 4.78 is 10.3. The Bertz CT molecular complexity index is 841. The summed E-state index contributed by atoms with van der Waals surface area (Å²) in [6.07, 6.45) is 0.706. The van der Waals surface area contributed by atoms with Crippen LogP contribution in [0.25, 0.3) is 11.5 Å². The molecule has 6 heteroatoms. The molecule has 3 rings (SSSR count). The summed E-state index contributed by atoms with van der Waals surface area (Å²) in [5.74, 6) is 1.59. The number of carbonyl (C=O) groups excluding carboxylic acids is 1. The lowest BCUT2D eigenvalue weighted by Crippen LogP contribution is -2.11. The van der Waals surface area contributed by atoms with Crippen molar-refractivity contribution in [2.45, 2.75) is 13.3 Å². The summed E-state index contributed by atoms with van der Waals surface area (Å²) in [6.45, 7) is 1.96. The van der Waals surface area contributed by atoms with Crippen molar-refractivity contribution < 1.29 is 14.1 Å². The Morgan fingerprint density at radius 1 is 1.21 bits per heavy atom. The van der Waals surface area contributed by atoms with E-state index in [4.69, 9.17) is 9.26 Å². The van der Waals surface area contributed by atoms with Gasteiger partial charge in [0.2, 0.25) is 0 Å². The Labute approximate surface area is 139 Å². The molecule has 0 bridgehead atoms. The second kappa shape index (κ2) is 6.95. The summed E-state index contributed by atoms with van der Waals surface area (Å²) in [7, 11) is 1.59. The number of anilines is 1. The number of nitrogens with one attached hydrogen (secondary N) is 1. The number of methoxy groups -OCH3 is 1. The zero-order valence-electron chi connectivity index (χ0n) is 13.4. The van der Waals surface area contributed by atoms with Crippen LogP contribution >= 0.6 is 0 Å². The second-order valence-corrected chi connectivity index (χ2v) is 5.13. The summed E-state index contributed by atoms with van der Waals surface area (Å²) >= 11 is 0. The first-order chi connectivity index (χ1) is 11.7. The highest BCUT2D eigenvalue weighted by atomic mass is 16.5. The molecular formula is C18H17N3O3. The number of rotatable bonds is 5. The van der Waals surface area contributed by atoms with Gasteiger partial charge in [-0.2, -0.15) is 4.98 Å². The minimum absolute atomic E-state index is 0.199. The molecule has 0 aliphatic heterocycles. The maximum atomic E-state index is 12.3. The first-order valence-electron chi connectivity index (χ1n) is 7.58. The van der Waals surface area contributed by atoms with E-state index in [-0.39, 0.29) is 5.91 Å². The fraction of sp³-hybridized carbons (Fsp3) is 0.167. The van der Waals surface area contributed by atoms with Gasteiger partial charge in [-0.05, 0) is 42.5 Å². The zero-order valence-corrected chi connectivity index (χ0v) is 13.4. The van der Waals surface area contributed by atoms with Gasteiger partial charge in [0.15, 0.2) is 5.82 Å². The molecule has 6 nitrogen and oxygen atoms in total. The van der Waals surface area contributed by atoms with Crippen LogP contribution in [0.1, 0.15) is 23.1 Å². The maximum Gasteiger partial charge on any atom is 0.257 e. The third kappa shape index (κ3) is 3.43. The van der Waals surface area contributed by atoms with Crippen LogP contribution in [-0.4, -0.2) is 23.2 Å². The molecule has 0 aliphatic rings. The second-order valence-electron chi connectivity index (χ2n) is 5.13. The average molecular weight is 323 g/mol. The van der Waals surface area contributed by atoms with E-state index in [1.807, 2.05) is 25.1 Å². The predicted molar refractivity (Wildman–Crippen MR) is 90.1 cm³/mol. The van der Waals surface area contributed by atoms with Crippen molar-refractivity contribution in [1.29, 1.82) is 0 Å². The zero-order chi connectivity index (χ0) is 16.9. The van der Waals surface area contributed by atoms with Gasteiger partial charge in [-0.25, -0.2) is 0 Å². The molecule has 0 radical (unpaired) electrons. The van der Waals surface area contributed by atoms with Crippen molar-refractivity contribution >= 4 is 11.6 Å². The smallest absolute Gasteiger partial charge is 0.257 e. The monoisotopic (exact) mass is 323 g/mol. The molecule has 3 aromatic rings. The van der Waals surface area contributed by atoms with Gasteiger partial charge in [-0.3, -0.25) is 4.79 Å². The molecule has 1 N–H and O–H groups in total. The van der Waals surface area contributed by atoms with Crippen LogP contribution in [0.2, 0.25) is 0 Å². The normalized spacial score (nSPS) is 10.4. The van der Waals surface area contributed by atoms with Crippen LogP contribution in [0.4, 0.5) is 5.69 Å². The predicted octanol–water partition coefficient (Wildman–Crippen LogP) is 3.56. The largest absolute Gasteiger partial charge is 0.497 e. The number of aromatic nitrogens is 2. The molecule has 0 atom stereocenters. The highest BCUT2D eigenvalue weighted by Crippen LogP contribution is 2.22. The Hall–Kier alpha value is -3.15. The van der Waals surface area contributed by atoms with Gasteiger partial charge in [-0.1, -0.05) is 18.1 Å². The summed E-state index contributed by atoms with van der Waals surface area (Å²) in [6, 6.07) is 14.2. The molecule has 1 amide bonds. The topological polar surface area (TPSA) is 77.2 Å². The van der Waals surface area contributed by atoms with E-state index in [0.29, 0.717) is 35.1 Å². The van der Waals surface area contributed by atoms with E-state index < -0.39 is 0 Å². The minimum atomic E-state index is -0.199. The number of hydrogen-bond acceptors (Lipinski definition) is 5. The molecule has 1 heterocycles. The molecular weight excluding hydrogens is 306 g/mol. The Morgan fingerprint density at radius 3 is 2.67 bits per heavy atom. The van der Waals surface area contributed by atoms with Gasteiger partial charge in [0.1, 0.15) is 5.75 Å². The lowest BCUT2D eigenvalue weighted by atomic mass is 10.1. The van der Waals surface area contributed by atoms with E-state index in [0.717, 1.165) is 5.56 Å². The first kappa shape index (κ1) is 15.7. The molecule has 0 spiro atoms. The van der Waals surface area contributed by atoms with Crippen molar-refractivity contribution in [2.75, 3.05) is 12.4 Å². The molecule has 122 valence electrons. The van der Waals surface area contributed by atoms with Crippen molar-refractivity contribution in [3.63, 3.8) is 0 Å².